The topological polar surface area (TPSA) is 50.5 Å². The van der Waals surface area contributed by atoms with Crippen molar-refractivity contribution in [2.45, 2.75) is 46.1 Å². The van der Waals surface area contributed by atoms with Crippen LogP contribution < -0.4 is 0 Å². The molecule has 23 heavy (non-hydrogen) atoms. The molecule has 126 valence electrons. The highest BCUT2D eigenvalue weighted by Crippen LogP contribution is 2.35. The van der Waals surface area contributed by atoms with Crippen LogP contribution in [0.2, 0.25) is 0 Å². The number of hydrogen-bond donors (Lipinski definition) is 1. The molecule has 1 heterocycles. The molecule has 0 unspecified atom stereocenters. The molecular formula is C19H29N3O. The highest BCUT2D eigenvalue weighted by Gasteiger charge is 2.23. The fraction of sp³-hybridized carbons (Fsp3) is 0.632. The molecule has 1 fully saturated rings. The van der Waals surface area contributed by atoms with Gasteiger partial charge in [-0.2, -0.15) is 5.26 Å². The number of piperazine rings is 1. The van der Waals surface area contributed by atoms with Crippen molar-refractivity contribution in [3.63, 3.8) is 0 Å². The Kier molecular flexibility index (Phi) is 5.67. The van der Waals surface area contributed by atoms with Gasteiger partial charge in [0.1, 0.15) is 5.75 Å². The van der Waals surface area contributed by atoms with E-state index in [-0.39, 0.29) is 5.41 Å². The third-order valence-electron chi connectivity index (χ3n) is 4.54. The van der Waals surface area contributed by atoms with Gasteiger partial charge in [-0.3, -0.25) is 9.80 Å². The van der Waals surface area contributed by atoms with Crippen molar-refractivity contribution in [1.82, 2.24) is 9.80 Å². The molecule has 1 N–H and O–H groups in total. The zero-order valence-electron chi connectivity index (χ0n) is 14.9. The lowest BCUT2D eigenvalue weighted by atomic mass is 9.84. The van der Waals surface area contributed by atoms with Gasteiger partial charge >= 0.3 is 0 Å². The molecule has 0 spiro atoms. The summed E-state index contributed by atoms with van der Waals surface area (Å²) in [7, 11) is 0. The molecule has 0 amide bonds. The second-order valence-corrected chi connectivity index (χ2v) is 7.60. The molecule has 2 rings (SSSR count). The van der Waals surface area contributed by atoms with E-state index in [0.29, 0.717) is 12.2 Å². The van der Waals surface area contributed by atoms with Crippen LogP contribution in [-0.4, -0.2) is 47.6 Å². The second kappa shape index (κ2) is 7.33. The lowest BCUT2D eigenvalue weighted by Crippen LogP contribution is -2.46. The number of phenolic OH excluding ortho intramolecular Hbond substituents is 1. The standard InChI is InChI=1S/C19H29N3O/c1-15-12-16(18(23)17(13-15)19(2,3)4)14-22-10-8-21(9-11-22)7-5-6-20/h12-13,23H,5,7-11,14H2,1-4H3. The smallest absolute Gasteiger partial charge is 0.123 e. The summed E-state index contributed by atoms with van der Waals surface area (Å²) in [6.07, 6.45) is 0.605. The van der Waals surface area contributed by atoms with Crippen molar-refractivity contribution >= 4 is 0 Å². The minimum absolute atomic E-state index is 0.0547. The van der Waals surface area contributed by atoms with E-state index in [2.05, 4.69) is 55.7 Å². The minimum Gasteiger partial charge on any atom is -0.507 e. The number of hydrogen-bond acceptors (Lipinski definition) is 4. The number of benzene rings is 1. The lowest BCUT2D eigenvalue weighted by molar-refractivity contribution is 0.128. The van der Waals surface area contributed by atoms with Crippen LogP contribution in [0.5, 0.6) is 5.75 Å². The largest absolute Gasteiger partial charge is 0.507 e. The van der Waals surface area contributed by atoms with E-state index in [1.165, 1.54) is 5.56 Å². The Morgan fingerprint density at radius 1 is 1.13 bits per heavy atom. The number of aromatic hydroxyl groups is 1. The molecule has 1 saturated heterocycles. The summed E-state index contributed by atoms with van der Waals surface area (Å²) in [6.45, 7) is 14.2. The van der Waals surface area contributed by atoms with Crippen LogP contribution in [-0.2, 0) is 12.0 Å². The van der Waals surface area contributed by atoms with Gasteiger partial charge in [-0.05, 0) is 17.9 Å². The van der Waals surface area contributed by atoms with E-state index >= 15 is 0 Å². The van der Waals surface area contributed by atoms with Gasteiger partial charge in [-0.25, -0.2) is 0 Å². The summed E-state index contributed by atoms with van der Waals surface area (Å²) in [4.78, 5) is 4.74. The second-order valence-electron chi connectivity index (χ2n) is 7.60. The lowest BCUT2D eigenvalue weighted by Gasteiger charge is -2.34. The Morgan fingerprint density at radius 3 is 2.30 bits per heavy atom. The van der Waals surface area contributed by atoms with E-state index in [1.54, 1.807) is 0 Å². The predicted octanol–water partition coefficient (Wildman–Crippen LogP) is 3.03. The molecule has 0 aliphatic carbocycles. The molecule has 1 aromatic rings. The molecule has 1 aliphatic heterocycles. The van der Waals surface area contributed by atoms with Crippen LogP contribution in [0.15, 0.2) is 12.1 Å². The zero-order valence-corrected chi connectivity index (χ0v) is 14.9. The molecule has 1 aromatic carbocycles. The monoisotopic (exact) mass is 315 g/mol. The Morgan fingerprint density at radius 2 is 1.74 bits per heavy atom. The number of nitrogens with zero attached hydrogens (tertiary/aromatic N) is 3. The average Bonchev–Trinajstić information content (AvgIpc) is 2.49. The average molecular weight is 315 g/mol. The predicted molar refractivity (Wildman–Crippen MR) is 93.5 cm³/mol. The maximum atomic E-state index is 10.7. The van der Waals surface area contributed by atoms with Gasteiger partial charge in [-0.15, -0.1) is 0 Å². The normalized spacial score (nSPS) is 17.2. The maximum Gasteiger partial charge on any atom is 0.123 e. The Balaban J connectivity index is 2.04. The van der Waals surface area contributed by atoms with Crippen LogP contribution in [0.25, 0.3) is 0 Å². The van der Waals surface area contributed by atoms with Gasteiger partial charge < -0.3 is 5.11 Å². The number of phenols is 1. The van der Waals surface area contributed by atoms with Crippen LogP contribution in [0.1, 0.15) is 43.9 Å². The van der Waals surface area contributed by atoms with Crippen molar-refractivity contribution in [1.29, 1.82) is 5.26 Å². The van der Waals surface area contributed by atoms with Crippen LogP contribution >= 0.6 is 0 Å². The van der Waals surface area contributed by atoms with Crippen molar-refractivity contribution in [2.24, 2.45) is 0 Å². The van der Waals surface area contributed by atoms with Gasteiger partial charge in [0, 0.05) is 51.3 Å². The first kappa shape index (κ1) is 17.8. The van der Waals surface area contributed by atoms with Gasteiger partial charge in [-0.1, -0.05) is 38.5 Å². The van der Waals surface area contributed by atoms with Gasteiger partial charge in [0.05, 0.1) is 6.07 Å². The van der Waals surface area contributed by atoms with E-state index in [0.717, 1.165) is 50.4 Å². The zero-order chi connectivity index (χ0) is 17.0. The number of aryl methyl sites for hydroxylation is 1. The van der Waals surface area contributed by atoms with Crippen molar-refractivity contribution in [3.05, 3.63) is 28.8 Å². The molecule has 4 heteroatoms. The molecular weight excluding hydrogens is 286 g/mol. The van der Waals surface area contributed by atoms with E-state index < -0.39 is 0 Å². The SMILES string of the molecule is Cc1cc(CN2CCN(CCC#N)CC2)c(O)c(C(C)(C)C)c1. The summed E-state index contributed by atoms with van der Waals surface area (Å²) in [5, 5.41) is 19.4. The summed E-state index contributed by atoms with van der Waals surface area (Å²) in [6, 6.07) is 6.41. The van der Waals surface area contributed by atoms with Crippen molar-refractivity contribution in [3.8, 4) is 11.8 Å². The molecule has 1 aliphatic rings. The summed E-state index contributed by atoms with van der Waals surface area (Å²) in [5.74, 6) is 0.454. The van der Waals surface area contributed by atoms with E-state index in [4.69, 9.17) is 5.26 Å². The maximum absolute atomic E-state index is 10.7. The quantitative estimate of drug-likeness (QED) is 0.928. The summed E-state index contributed by atoms with van der Waals surface area (Å²) < 4.78 is 0. The Hall–Kier alpha value is -1.57. The van der Waals surface area contributed by atoms with Crippen molar-refractivity contribution in [2.75, 3.05) is 32.7 Å². The molecule has 0 saturated carbocycles. The number of rotatable bonds is 4. The van der Waals surface area contributed by atoms with Crippen LogP contribution in [0, 0.1) is 18.3 Å². The summed E-state index contributed by atoms with van der Waals surface area (Å²) >= 11 is 0. The molecule has 0 aromatic heterocycles. The number of nitriles is 1. The van der Waals surface area contributed by atoms with Gasteiger partial charge in [0.25, 0.3) is 0 Å². The Labute approximate surface area is 140 Å². The fourth-order valence-corrected chi connectivity index (χ4v) is 3.17. The first-order valence-electron chi connectivity index (χ1n) is 8.46. The summed E-state index contributed by atoms with van der Waals surface area (Å²) in [5.41, 5.74) is 3.21. The van der Waals surface area contributed by atoms with Crippen molar-refractivity contribution < 1.29 is 5.11 Å². The third kappa shape index (κ3) is 4.70. The van der Waals surface area contributed by atoms with Crippen LogP contribution in [0.3, 0.4) is 0 Å². The van der Waals surface area contributed by atoms with E-state index in [9.17, 15) is 5.11 Å². The fourth-order valence-electron chi connectivity index (χ4n) is 3.17. The molecule has 4 nitrogen and oxygen atoms in total. The molecule has 0 bridgehead atoms. The first-order chi connectivity index (χ1) is 10.8. The highest BCUT2D eigenvalue weighted by molar-refractivity contribution is 5.46. The Bertz CT molecular complexity index is 576. The van der Waals surface area contributed by atoms with Gasteiger partial charge in [0.2, 0.25) is 0 Å². The highest BCUT2D eigenvalue weighted by atomic mass is 16.3. The first-order valence-corrected chi connectivity index (χ1v) is 8.46. The third-order valence-corrected chi connectivity index (χ3v) is 4.54. The van der Waals surface area contributed by atoms with E-state index in [1.807, 2.05) is 0 Å². The molecule has 0 atom stereocenters. The minimum atomic E-state index is -0.0547. The van der Waals surface area contributed by atoms with Gasteiger partial charge in [0.15, 0.2) is 0 Å². The molecule has 0 radical (unpaired) electrons. The van der Waals surface area contributed by atoms with Crippen LogP contribution in [0.4, 0.5) is 0 Å².